The number of aromatic nitrogens is 1. The standard InChI is InChI=1S/C19H21NO4/c1-12-17(22)10-18(24-11-15-3-2-8-23-15)20-7-6-13-9-14(21)4-5-16(13)19(12)20/h4-5,9-10,15,21H,2-3,6-8,11H2,1H3. The first kappa shape index (κ1) is 15.3. The highest BCUT2D eigenvalue weighted by atomic mass is 16.5. The lowest BCUT2D eigenvalue weighted by Crippen LogP contribution is -2.24. The average molecular weight is 327 g/mol. The first-order valence-electron chi connectivity index (χ1n) is 8.44. The number of pyridine rings is 1. The smallest absolute Gasteiger partial charge is 0.197 e. The molecule has 0 bridgehead atoms. The van der Waals surface area contributed by atoms with E-state index in [1.165, 1.54) is 0 Å². The zero-order chi connectivity index (χ0) is 16.7. The number of benzene rings is 1. The molecule has 2 aliphatic heterocycles. The molecule has 3 heterocycles. The van der Waals surface area contributed by atoms with E-state index in [2.05, 4.69) is 4.57 Å². The Balaban J connectivity index is 1.75. The van der Waals surface area contributed by atoms with Crippen molar-refractivity contribution in [3.8, 4) is 22.9 Å². The molecule has 126 valence electrons. The number of phenolic OH excluding ortho intramolecular Hbond substituents is 1. The lowest BCUT2D eigenvalue weighted by atomic mass is 9.94. The second-order valence-corrected chi connectivity index (χ2v) is 6.51. The second-order valence-electron chi connectivity index (χ2n) is 6.51. The quantitative estimate of drug-likeness (QED) is 0.941. The first-order chi connectivity index (χ1) is 11.6. The van der Waals surface area contributed by atoms with Gasteiger partial charge < -0.3 is 19.1 Å². The van der Waals surface area contributed by atoms with Crippen molar-refractivity contribution in [3.05, 3.63) is 45.6 Å². The molecule has 1 saturated heterocycles. The normalized spacial score (nSPS) is 19.0. The Kier molecular flexibility index (Phi) is 3.81. The number of aromatic hydroxyl groups is 1. The summed E-state index contributed by atoms with van der Waals surface area (Å²) in [7, 11) is 0. The van der Waals surface area contributed by atoms with E-state index >= 15 is 0 Å². The van der Waals surface area contributed by atoms with Crippen molar-refractivity contribution < 1.29 is 14.6 Å². The van der Waals surface area contributed by atoms with Crippen LogP contribution in [0.4, 0.5) is 0 Å². The van der Waals surface area contributed by atoms with Gasteiger partial charge in [0.15, 0.2) is 11.3 Å². The summed E-state index contributed by atoms with van der Waals surface area (Å²) in [5.41, 5.74) is 3.65. The Labute approximate surface area is 140 Å². The van der Waals surface area contributed by atoms with E-state index < -0.39 is 0 Å². The van der Waals surface area contributed by atoms with Gasteiger partial charge in [0, 0.05) is 30.3 Å². The van der Waals surface area contributed by atoms with Crippen molar-refractivity contribution in [2.75, 3.05) is 13.2 Å². The molecule has 0 aliphatic carbocycles. The predicted octanol–water partition coefficient (Wildman–Crippen LogP) is 2.64. The van der Waals surface area contributed by atoms with Gasteiger partial charge >= 0.3 is 0 Å². The maximum absolute atomic E-state index is 12.4. The molecule has 0 radical (unpaired) electrons. The van der Waals surface area contributed by atoms with E-state index in [-0.39, 0.29) is 17.3 Å². The van der Waals surface area contributed by atoms with Crippen LogP contribution in [0.15, 0.2) is 29.1 Å². The van der Waals surface area contributed by atoms with Gasteiger partial charge in [-0.15, -0.1) is 0 Å². The SMILES string of the molecule is Cc1c2n(c(OCC3CCCO3)cc1=O)CCc1cc(O)ccc1-2. The van der Waals surface area contributed by atoms with Gasteiger partial charge in [0.2, 0.25) is 0 Å². The van der Waals surface area contributed by atoms with Crippen molar-refractivity contribution in [3.63, 3.8) is 0 Å². The molecule has 4 rings (SSSR count). The Morgan fingerprint density at radius 2 is 2.25 bits per heavy atom. The van der Waals surface area contributed by atoms with Crippen LogP contribution in [0, 0.1) is 6.92 Å². The Morgan fingerprint density at radius 3 is 3.04 bits per heavy atom. The monoisotopic (exact) mass is 327 g/mol. The Hall–Kier alpha value is -2.27. The Bertz CT molecular complexity index is 834. The number of nitrogens with zero attached hydrogens (tertiary/aromatic N) is 1. The van der Waals surface area contributed by atoms with Crippen LogP contribution >= 0.6 is 0 Å². The first-order valence-corrected chi connectivity index (χ1v) is 8.44. The molecule has 0 saturated carbocycles. The highest BCUT2D eigenvalue weighted by Crippen LogP contribution is 2.35. The average Bonchev–Trinajstić information content (AvgIpc) is 3.09. The minimum absolute atomic E-state index is 0.0236. The molecule has 2 aromatic rings. The summed E-state index contributed by atoms with van der Waals surface area (Å²) < 4.78 is 13.6. The zero-order valence-electron chi connectivity index (χ0n) is 13.7. The molecule has 1 aromatic heterocycles. The predicted molar refractivity (Wildman–Crippen MR) is 90.7 cm³/mol. The summed E-state index contributed by atoms with van der Waals surface area (Å²) >= 11 is 0. The van der Waals surface area contributed by atoms with Crippen LogP contribution in [-0.4, -0.2) is 29.0 Å². The van der Waals surface area contributed by atoms with Crippen LogP contribution in [-0.2, 0) is 17.7 Å². The number of aryl methyl sites for hydroxylation is 1. The van der Waals surface area contributed by atoms with Crippen LogP contribution in [0.1, 0.15) is 24.0 Å². The number of rotatable bonds is 3. The van der Waals surface area contributed by atoms with E-state index in [0.717, 1.165) is 49.2 Å². The highest BCUT2D eigenvalue weighted by Gasteiger charge is 2.23. The molecule has 1 unspecified atom stereocenters. The van der Waals surface area contributed by atoms with Crippen LogP contribution in [0.3, 0.4) is 0 Å². The molecule has 5 heteroatoms. The maximum atomic E-state index is 12.4. The van der Waals surface area contributed by atoms with Crippen LogP contribution < -0.4 is 10.2 Å². The van der Waals surface area contributed by atoms with Crippen LogP contribution in [0.5, 0.6) is 11.6 Å². The molecular weight excluding hydrogens is 306 g/mol. The van der Waals surface area contributed by atoms with Gasteiger partial charge in [-0.3, -0.25) is 4.79 Å². The number of hydrogen-bond acceptors (Lipinski definition) is 4. The lowest BCUT2D eigenvalue weighted by molar-refractivity contribution is 0.0646. The number of hydrogen-bond donors (Lipinski definition) is 1. The number of fused-ring (bicyclic) bond motifs is 3. The van der Waals surface area contributed by atoms with Crippen molar-refractivity contribution in [1.82, 2.24) is 4.57 Å². The van der Waals surface area contributed by atoms with E-state index in [4.69, 9.17) is 9.47 Å². The molecule has 1 fully saturated rings. The molecule has 1 N–H and O–H groups in total. The van der Waals surface area contributed by atoms with E-state index in [9.17, 15) is 9.90 Å². The lowest BCUT2D eigenvalue weighted by Gasteiger charge is -2.27. The largest absolute Gasteiger partial charge is 0.508 e. The topological polar surface area (TPSA) is 60.7 Å². The maximum Gasteiger partial charge on any atom is 0.197 e. The van der Waals surface area contributed by atoms with Gasteiger partial charge in [0.05, 0.1) is 11.8 Å². The highest BCUT2D eigenvalue weighted by molar-refractivity contribution is 5.70. The molecule has 1 aromatic carbocycles. The van der Waals surface area contributed by atoms with Gasteiger partial charge in [0.1, 0.15) is 12.4 Å². The van der Waals surface area contributed by atoms with Crippen molar-refractivity contribution in [1.29, 1.82) is 0 Å². The number of ether oxygens (including phenoxy) is 2. The summed E-state index contributed by atoms with van der Waals surface area (Å²) in [6.45, 7) is 3.84. The van der Waals surface area contributed by atoms with Crippen LogP contribution in [0.25, 0.3) is 11.3 Å². The van der Waals surface area contributed by atoms with Crippen LogP contribution in [0.2, 0.25) is 0 Å². The van der Waals surface area contributed by atoms with Crippen molar-refractivity contribution >= 4 is 0 Å². The fourth-order valence-electron chi connectivity index (χ4n) is 3.62. The molecular formula is C19H21NO4. The van der Waals surface area contributed by atoms with Gasteiger partial charge in [-0.1, -0.05) is 0 Å². The van der Waals surface area contributed by atoms with Crippen molar-refractivity contribution in [2.24, 2.45) is 0 Å². The fourth-order valence-corrected chi connectivity index (χ4v) is 3.62. The van der Waals surface area contributed by atoms with Gasteiger partial charge in [-0.25, -0.2) is 0 Å². The molecule has 0 spiro atoms. The third kappa shape index (κ3) is 2.59. The van der Waals surface area contributed by atoms with Crippen molar-refractivity contribution in [2.45, 2.75) is 38.8 Å². The molecule has 5 nitrogen and oxygen atoms in total. The van der Waals surface area contributed by atoms with Gasteiger partial charge in [-0.05, 0) is 49.9 Å². The second kappa shape index (κ2) is 5.98. The third-order valence-electron chi connectivity index (χ3n) is 4.91. The Morgan fingerprint density at radius 1 is 1.38 bits per heavy atom. The summed E-state index contributed by atoms with van der Waals surface area (Å²) in [6, 6.07) is 6.91. The minimum atomic E-state index is -0.0236. The zero-order valence-corrected chi connectivity index (χ0v) is 13.7. The summed E-state index contributed by atoms with van der Waals surface area (Å²) in [5.74, 6) is 0.864. The number of phenols is 1. The fraction of sp³-hybridized carbons (Fsp3) is 0.421. The summed E-state index contributed by atoms with van der Waals surface area (Å²) in [5, 5.41) is 9.71. The van der Waals surface area contributed by atoms with Gasteiger partial charge in [0.25, 0.3) is 0 Å². The van der Waals surface area contributed by atoms with E-state index in [1.54, 1.807) is 18.2 Å². The van der Waals surface area contributed by atoms with E-state index in [0.29, 0.717) is 18.1 Å². The third-order valence-corrected chi connectivity index (χ3v) is 4.91. The molecule has 24 heavy (non-hydrogen) atoms. The molecule has 0 amide bonds. The van der Waals surface area contributed by atoms with E-state index in [1.807, 2.05) is 13.0 Å². The molecule has 1 atom stereocenters. The molecule has 2 aliphatic rings. The summed E-state index contributed by atoms with van der Waals surface area (Å²) in [6.07, 6.45) is 2.99. The summed E-state index contributed by atoms with van der Waals surface area (Å²) in [4.78, 5) is 12.4. The van der Waals surface area contributed by atoms with Gasteiger partial charge in [-0.2, -0.15) is 0 Å². The minimum Gasteiger partial charge on any atom is -0.508 e.